The van der Waals surface area contributed by atoms with Crippen LogP contribution in [0, 0.1) is 11.5 Å². The lowest BCUT2D eigenvalue weighted by atomic mass is 9.95. The molecule has 3 N–H and O–H groups in total. The number of nitrogens with zero attached hydrogens (tertiary/aromatic N) is 3. The van der Waals surface area contributed by atoms with E-state index in [2.05, 4.69) is 31.6 Å². The number of nitrogens with one attached hydrogen (secondary N) is 2. The number of nitriles is 1. The summed E-state index contributed by atoms with van der Waals surface area (Å²) in [6, 6.07) is 7.44. The smallest absolute Gasteiger partial charge is 0.209 e. The third-order valence-corrected chi connectivity index (χ3v) is 4.72. The molecule has 1 saturated heterocycles. The maximum Gasteiger partial charge on any atom is 0.209 e. The van der Waals surface area contributed by atoms with Gasteiger partial charge in [-0.3, -0.25) is 5.32 Å². The molecule has 1 aliphatic heterocycles. The Morgan fingerprint density at radius 1 is 1.35 bits per heavy atom. The summed E-state index contributed by atoms with van der Waals surface area (Å²) >= 11 is 3.39. The van der Waals surface area contributed by atoms with Crippen LogP contribution in [0.3, 0.4) is 0 Å². The highest BCUT2D eigenvalue weighted by Gasteiger charge is 2.51. The number of hydrogen-bond donors (Lipinski definition) is 3. The van der Waals surface area contributed by atoms with Crippen LogP contribution in [0.15, 0.2) is 33.7 Å². The summed E-state index contributed by atoms with van der Waals surface area (Å²) in [5.74, 6) is 0.374. The van der Waals surface area contributed by atoms with Crippen LogP contribution in [0.1, 0.15) is 34.1 Å². The fourth-order valence-corrected chi connectivity index (χ4v) is 3.17. The van der Waals surface area contributed by atoms with Gasteiger partial charge in [0.25, 0.3) is 0 Å². The molecule has 1 fully saturated rings. The van der Waals surface area contributed by atoms with Gasteiger partial charge >= 0.3 is 0 Å². The van der Waals surface area contributed by atoms with Gasteiger partial charge in [-0.05, 0) is 58.4 Å². The van der Waals surface area contributed by atoms with Gasteiger partial charge in [-0.15, -0.1) is 0 Å². The van der Waals surface area contributed by atoms with Crippen molar-refractivity contribution in [3.05, 3.63) is 28.7 Å². The zero-order valence-corrected chi connectivity index (χ0v) is 15.3. The van der Waals surface area contributed by atoms with Gasteiger partial charge in [-0.25, -0.2) is 4.99 Å². The van der Waals surface area contributed by atoms with Gasteiger partial charge in [0, 0.05) is 15.7 Å². The highest BCUT2D eigenvalue weighted by molar-refractivity contribution is 9.10. The molecule has 0 bridgehead atoms. The Morgan fingerprint density at radius 2 is 1.96 bits per heavy atom. The molecule has 1 aromatic carbocycles. The minimum Gasteiger partial charge on any atom is -0.326 e. The summed E-state index contributed by atoms with van der Waals surface area (Å²) in [6.07, 6.45) is 2.59. The minimum absolute atomic E-state index is 0.152. The zero-order chi connectivity index (χ0) is 17.3. The highest BCUT2D eigenvalue weighted by Crippen LogP contribution is 2.40. The van der Waals surface area contributed by atoms with Crippen LogP contribution < -0.4 is 10.6 Å². The Balaban J connectivity index is 2.25. The fourth-order valence-electron chi connectivity index (χ4n) is 2.91. The van der Waals surface area contributed by atoms with Crippen LogP contribution in [0.25, 0.3) is 0 Å². The third kappa shape index (κ3) is 3.83. The Morgan fingerprint density at radius 3 is 2.43 bits per heavy atom. The largest absolute Gasteiger partial charge is 0.326 e. The lowest BCUT2D eigenvalue weighted by Gasteiger charge is -2.35. The van der Waals surface area contributed by atoms with Crippen LogP contribution in [-0.2, 0) is 0 Å². The van der Waals surface area contributed by atoms with Crippen LogP contribution in [0.2, 0.25) is 0 Å². The van der Waals surface area contributed by atoms with Gasteiger partial charge in [0.05, 0.1) is 11.6 Å². The molecule has 0 amide bonds. The first-order valence-corrected chi connectivity index (χ1v) is 8.21. The summed E-state index contributed by atoms with van der Waals surface area (Å²) in [4.78, 5) is 4.64. The molecule has 6 nitrogen and oxygen atoms in total. The Kier molecular flexibility index (Phi) is 4.99. The number of halogens is 1. The van der Waals surface area contributed by atoms with E-state index in [4.69, 9.17) is 5.26 Å². The van der Waals surface area contributed by atoms with Crippen LogP contribution in [0.5, 0.6) is 0 Å². The van der Waals surface area contributed by atoms with Crippen molar-refractivity contribution in [2.45, 2.75) is 51.2 Å². The molecule has 0 saturated carbocycles. The first-order chi connectivity index (χ1) is 10.7. The molecule has 1 unspecified atom stereocenters. The van der Waals surface area contributed by atoms with Crippen LogP contribution in [-0.4, -0.2) is 33.3 Å². The second kappa shape index (κ2) is 6.48. The van der Waals surface area contributed by atoms with Gasteiger partial charge in [0.2, 0.25) is 5.96 Å². The summed E-state index contributed by atoms with van der Waals surface area (Å²) in [5.41, 5.74) is -0.0639. The van der Waals surface area contributed by atoms with E-state index in [9.17, 15) is 5.21 Å². The zero-order valence-electron chi connectivity index (χ0n) is 13.8. The molecule has 1 atom stereocenters. The number of guanidine groups is 1. The van der Waals surface area contributed by atoms with Gasteiger partial charge in [0.15, 0.2) is 6.19 Å². The van der Waals surface area contributed by atoms with Gasteiger partial charge in [-0.2, -0.15) is 10.3 Å². The number of anilines is 1. The normalized spacial score (nSPS) is 23.3. The van der Waals surface area contributed by atoms with E-state index in [1.165, 1.54) is 5.06 Å². The first kappa shape index (κ1) is 17.7. The van der Waals surface area contributed by atoms with E-state index in [0.717, 1.165) is 10.2 Å². The number of rotatable bonds is 2. The maximum atomic E-state index is 10.4. The van der Waals surface area contributed by atoms with E-state index in [1.807, 2.05) is 58.2 Å². The Bertz CT molecular complexity index is 633. The molecular weight excluding hydrogens is 358 g/mol. The number of aliphatic imine (C=N–C) groups is 1. The first-order valence-electron chi connectivity index (χ1n) is 7.41. The van der Waals surface area contributed by atoms with Gasteiger partial charge in [-0.1, -0.05) is 15.9 Å². The standard InChI is InChI=1S/C16H22BrN5O/c1-15(2)9-13(16(3,4)22(15)23)21-14(19-10-18)20-12-7-5-11(17)6-8-12/h5-8,13,23H,9H2,1-4H3,(H2,19,20,21). The third-order valence-electron chi connectivity index (χ3n) is 4.19. The van der Waals surface area contributed by atoms with Crippen molar-refractivity contribution in [2.24, 2.45) is 4.99 Å². The molecule has 0 spiro atoms. The van der Waals surface area contributed by atoms with Crippen LogP contribution >= 0.6 is 15.9 Å². The fraction of sp³-hybridized carbons (Fsp3) is 0.500. The second-order valence-electron chi connectivity index (χ2n) is 6.84. The highest BCUT2D eigenvalue weighted by atomic mass is 79.9. The van der Waals surface area contributed by atoms with E-state index in [-0.39, 0.29) is 11.6 Å². The summed E-state index contributed by atoms with van der Waals surface area (Å²) in [5, 5.41) is 26.4. The molecular formula is C16H22BrN5O. The molecule has 1 aliphatic rings. The quantitative estimate of drug-likeness (QED) is 0.317. The molecule has 0 radical (unpaired) electrons. The molecule has 0 aliphatic carbocycles. The molecule has 0 aromatic heterocycles. The van der Waals surface area contributed by atoms with Crippen molar-refractivity contribution in [1.82, 2.24) is 10.4 Å². The molecule has 7 heteroatoms. The Labute approximate surface area is 145 Å². The second-order valence-corrected chi connectivity index (χ2v) is 7.76. The maximum absolute atomic E-state index is 10.4. The topological polar surface area (TPSA) is 83.7 Å². The van der Waals surface area contributed by atoms with Crippen molar-refractivity contribution < 1.29 is 5.21 Å². The predicted octanol–water partition coefficient (Wildman–Crippen LogP) is 3.31. The van der Waals surface area contributed by atoms with Crippen molar-refractivity contribution >= 4 is 27.6 Å². The van der Waals surface area contributed by atoms with Crippen molar-refractivity contribution in [3.63, 3.8) is 0 Å². The van der Waals surface area contributed by atoms with E-state index in [1.54, 1.807) is 0 Å². The molecule has 124 valence electrons. The monoisotopic (exact) mass is 379 g/mol. The molecule has 23 heavy (non-hydrogen) atoms. The van der Waals surface area contributed by atoms with Gasteiger partial charge in [0.1, 0.15) is 0 Å². The summed E-state index contributed by atoms with van der Waals surface area (Å²) in [6.45, 7) is 7.84. The number of hydroxylamine groups is 2. The van der Waals surface area contributed by atoms with Crippen molar-refractivity contribution in [3.8, 4) is 6.19 Å². The summed E-state index contributed by atoms with van der Waals surface area (Å²) in [7, 11) is 0. The minimum atomic E-state index is -0.521. The molecule has 1 heterocycles. The Hall–Kier alpha value is -1.62. The van der Waals surface area contributed by atoms with Crippen molar-refractivity contribution in [2.75, 3.05) is 5.32 Å². The van der Waals surface area contributed by atoms with Gasteiger partial charge < -0.3 is 10.5 Å². The van der Waals surface area contributed by atoms with Crippen molar-refractivity contribution in [1.29, 1.82) is 5.26 Å². The SMILES string of the molecule is CC1(C)CC(N=C(NC#N)Nc2ccc(Br)cc2)C(C)(C)N1O. The average molecular weight is 380 g/mol. The summed E-state index contributed by atoms with van der Waals surface area (Å²) < 4.78 is 0.976. The predicted molar refractivity (Wildman–Crippen MR) is 94.1 cm³/mol. The van der Waals surface area contributed by atoms with E-state index >= 15 is 0 Å². The van der Waals surface area contributed by atoms with E-state index < -0.39 is 5.54 Å². The number of benzene rings is 1. The average Bonchev–Trinajstić information content (AvgIpc) is 2.62. The lowest BCUT2D eigenvalue weighted by Crippen LogP contribution is -2.48. The lowest BCUT2D eigenvalue weighted by molar-refractivity contribution is -0.193. The molecule has 2 rings (SSSR count). The van der Waals surface area contributed by atoms with Crippen LogP contribution in [0.4, 0.5) is 5.69 Å². The molecule has 1 aromatic rings. The van der Waals surface area contributed by atoms with E-state index in [0.29, 0.717) is 12.4 Å². The number of hydrogen-bond acceptors (Lipinski definition) is 4.